The summed E-state index contributed by atoms with van der Waals surface area (Å²) in [6, 6.07) is 5.26. The normalized spacial score (nSPS) is 11.3. The van der Waals surface area contributed by atoms with Gasteiger partial charge in [0.2, 0.25) is 0 Å². The Hall–Kier alpha value is -2.55. The standard InChI is InChI=1S/C12H13N3O5S/c1-7-6-11(8(2)20-7)21(18,19)14-9-4-3-5-10(12(9)13)15(16)17/h3-6,14H,13H2,1-2H3. The highest BCUT2D eigenvalue weighted by molar-refractivity contribution is 7.92. The van der Waals surface area contributed by atoms with E-state index in [9.17, 15) is 18.5 Å². The third-order valence-electron chi connectivity index (χ3n) is 2.81. The minimum atomic E-state index is -3.93. The molecule has 0 saturated carbocycles. The van der Waals surface area contributed by atoms with Gasteiger partial charge in [-0.3, -0.25) is 14.8 Å². The van der Waals surface area contributed by atoms with Crippen LogP contribution in [-0.4, -0.2) is 13.3 Å². The molecule has 2 rings (SSSR count). The number of nitro groups is 1. The topological polar surface area (TPSA) is 128 Å². The van der Waals surface area contributed by atoms with Crippen molar-refractivity contribution in [3.05, 3.63) is 45.9 Å². The van der Waals surface area contributed by atoms with Crippen LogP contribution in [0.2, 0.25) is 0 Å². The first-order chi connectivity index (χ1) is 9.72. The number of nitro benzene ring substituents is 1. The zero-order chi connectivity index (χ0) is 15.8. The molecule has 0 aliphatic rings. The summed E-state index contributed by atoms with van der Waals surface area (Å²) >= 11 is 0. The number of furan rings is 1. The first kappa shape index (κ1) is 14.9. The fourth-order valence-corrected chi connectivity index (χ4v) is 3.19. The molecule has 3 N–H and O–H groups in total. The zero-order valence-electron chi connectivity index (χ0n) is 11.3. The molecule has 8 nitrogen and oxygen atoms in total. The van der Waals surface area contributed by atoms with Crippen LogP contribution in [0.25, 0.3) is 0 Å². The van der Waals surface area contributed by atoms with Crippen LogP contribution in [0.1, 0.15) is 11.5 Å². The molecule has 0 atom stereocenters. The molecule has 112 valence electrons. The summed E-state index contributed by atoms with van der Waals surface area (Å²) in [6.07, 6.45) is 0. The maximum Gasteiger partial charge on any atom is 0.294 e. The van der Waals surface area contributed by atoms with E-state index in [1.54, 1.807) is 6.92 Å². The molecule has 1 heterocycles. The molecule has 1 aromatic heterocycles. The number of rotatable bonds is 4. The highest BCUT2D eigenvalue weighted by Crippen LogP contribution is 2.31. The molecule has 0 unspecified atom stereocenters. The SMILES string of the molecule is Cc1cc(S(=O)(=O)Nc2cccc([N+](=O)[O-])c2N)c(C)o1. The van der Waals surface area contributed by atoms with Crippen LogP contribution in [0.5, 0.6) is 0 Å². The van der Waals surface area contributed by atoms with Gasteiger partial charge in [-0.15, -0.1) is 0 Å². The number of nitrogens with two attached hydrogens (primary N) is 1. The number of nitrogens with one attached hydrogen (secondary N) is 1. The van der Waals surface area contributed by atoms with E-state index >= 15 is 0 Å². The van der Waals surface area contributed by atoms with E-state index in [2.05, 4.69) is 4.72 Å². The number of hydrogen-bond donors (Lipinski definition) is 2. The van der Waals surface area contributed by atoms with Crippen molar-refractivity contribution in [3.8, 4) is 0 Å². The number of sulfonamides is 1. The molecule has 0 saturated heterocycles. The third-order valence-corrected chi connectivity index (χ3v) is 4.28. The molecule has 0 fully saturated rings. The smallest absolute Gasteiger partial charge is 0.294 e. The van der Waals surface area contributed by atoms with Crippen molar-refractivity contribution in [1.82, 2.24) is 0 Å². The molecular weight excluding hydrogens is 298 g/mol. The van der Waals surface area contributed by atoms with E-state index in [4.69, 9.17) is 10.2 Å². The number of hydrogen-bond acceptors (Lipinski definition) is 6. The minimum absolute atomic E-state index is 0.0362. The number of nitrogens with zero attached hydrogens (tertiary/aromatic N) is 1. The number of anilines is 2. The summed E-state index contributed by atoms with van der Waals surface area (Å²) in [5.41, 5.74) is 4.96. The second-order valence-corrected chi connectivity index (χ2v) is 6.03. The summed E-state index contributed by atoms with van der Waals surface area (Å²) in [6.45, 7) is 3.13. The average Bonchev–Trinajstić information content (AvgIpc) is 2.71. The van der Waals surface area contributed by atoms with Gasteiger partial charge in [0, 0.05) is 12.1 Å². The van der Waals surface area contributed by atoms with Crippen molar-refractivity contribution >= 4 is 27.1 Å². The number of para-hydroxylation sites is 1. The van der Waals surface area contributed by atoms with Gasteiger partial charge in [0.25, 0.3) is 15.7 Å². The van der Waals surface area contributed by atoms with Gasteiger partial charge in [0.1, 0.15) is 22.1 Å². The molecule has 0 amide bonds. The van der Waals surface area contributed by atoms with Gasteiger partial charge >= 0.3 is 0 Å². The van der Waals surface area contributed by atoms with Crippen LogP contribution in [0, 0.1) is 24.0 Å². The molecular formula is C12H13N3O5S. The van der Waals surface area contributed by atoms with Crippen molar-refractivity contribution in [2.45, 2.75) is 18.7 Å². The minimum Gasteiger partial charge on any atom is -0.465 e. The summed E-state index contributed by atoms with van der Waals surface area (Å²) < 4.78 is 32.0. The summed E-state index contributed by atoms with van der Waals surface area (Å²) in [4.78, 5) is 10.1. The van der Waals surface area contributed by atoms with Crippen molar-refractivity contribution in [1.29, 1.82) is 0 Å². The van der Waals surface area contributed by atoms with E-state index < -0.39 is 14.9 Å². The Morgan fingerprint density at radius 1 is 1.33 bits per heavy atom. The Kier molecular flexibility index (Phi) is 3.60. The van der Waals surface area contributed by atoms with Gasteiger partial charge in [0.05, 0.1) is 10.6 Å². The summed E-state index contributed by atoms with van der Waals surface area (Å²) in [5, 5.41) is 10.8. The predicted molar refractivity (Wildman–Crippen MR) is 76.5 cm³/mol. The Labute approximate surface area is 120 Å². The lowest BCUT2D eigenvalue weighted by atomic mass is 10.2. The monoisotopic (exact) mass is 311 g/mol. The molecule has 0 bridgehead atoms. The molecule has 1 aromatic carbocycles. The van der Waals surface area contributed by atoms with Crippen molar-refractivity contribution in [3.63, 3.8) is 0 Å². The van der Waals surface area contributed by atoms with Crippen LogP contribution >= 0.6 is 0 Å². The molecule has 0 aliphatic heterocycles. The lowest BCUT2D eigenvalue weighted by Crippen LogP contribution is -2.14. The lowest BCUT2D eigenvalue weighted by molar-refractivity contribution is -0.383. The molecule has 0 radical (unpaired) electrons. The van der Waals surface area contributed by atoms with Crippen molar-refractivity contribution in [2.75, 3.05) is 10.5 Å². The fraction of sp³-hybridized carbons (Fsp3) is 0.167. The quantitative estimate of drug-likeness (QED) is 0.506. The highest BCUT2D eigenvalue weighted by atomic mass is 32.2. The van der Waals surface area contributed by atoms with Crippen molar-refractivity contribution < 1.29 is 17.8 Å². The second kappa shape index (κ2) is 5.09. The lowest BCUT2D eigenvalue weighted by Gasteiger charge is -2.09. The van der Waals surface area contributed by atoms with Gasteiger partial charge in [-0.2, -0.15) is 0 Å². The third kappa shape index (κ3) is 2.82. The van der Waals surface area contributed by atoms with Gasteiger partial charge in [-0.25, -0.2) is 8.42 Å². The van der Waals surface area contributed by atoms with Gasteiger partial charge in [0.15, 0.2) is 0 Å². The Morgan fingerprint density at radius 3 is 2.52 bits per heavy atom. The van der Waals surface area contributed by atoms with E-state index in [0.717, 1.165) is 0 Å². The molecule has 2 aromatic rings. The largest absolute Gasteiger partial charge is 0.465 e. The van der Waals surface area contributed by atoms with Crippen LogP contribution in [-0.2, 0) is 10.0 Å². The van der Waals surface area contributed by atoms with Crippen molar-refractivity contribution in [2.24, 2.45) is 0 Å². The maximum absolute atomic E-state index is 12.3. The van der Waals surface area contributed by atoms with E-state index in [1.165, 1.54) is 31.2 Å². The summed E-state index contributed by atoms with van der Waals surface area (Å²) in [7, 11) is -3.93. The fourth-order valence-electron chi connectivity index (χ4n) is 1.88. The van der Waals surface area contributed by atoms with Gasteiger partial charge < -0.3 is 10.2 Å². The molecule has 0 spiro atoms. The van der Waals surface area contributed by atoms with Crippen LogP contribution in [0.4, 0.5) is 17.1 Å². The van der Waals surface area contributed by atoms with Crippen LogP contribution in [0.15, 0.2) is 33.6 Å². The molecule has 0 aliphatic carbocycles. The Bertz CT molecular complexity index is 810. The first-order valence-corrected chi connectivity index (χ1v) is 7.33. The number of aryl methyl sites for hydroxylation is 2. The van der Waals surface area contributed by atoms with E-state index in [-0.39, 0.29) is 27.7 Å². The van der Waals surface area contributed by atoms with Gasteiger partial charge in [-0.05, 0) is 19.9 Å². The number of benzene rings is 1. The van der Waals surface area contributed by atoms with E-state index in [0.29, 0.717) is 5.76 Å². The highest BCUT2D eigenvalue weighted by Gasteiger charge is 2.23. The first-order valence-electron chi connectivity index (χ1n) is 5.85. The Balaban J connectivity index is 2.45. The second-order valence-electron chi connectivity index (χ2n) is 4.38. The molecule has 9 heteroatoms. The van der Waals surface area contributed by atoms with E-state index in [1.807, 2.05) is 0 Å². The molecule has 21 heavy (non-hydrogen) atoms. The Morgan fingerprint density at radius 2 is 2.00 bits per heavy atom. The van der Waals surface area contributed by atoms with Gasteiger partial charge in [-0.1, -0.05) is 6.07 Å². The average molecular weight is 311 g/mol. The summed E-state index contributed by atoms with van der Waals surface area (Å²) in [5.74, 6) is 0.670. The zero-order valence-corrected chi connectivity index (χ0v) is 12.1. The van der Waals surface area contributed by atoms with Crippen LogP contribution in [0.3, 0.4) is 0 Å². The van der Waals surface area contributed by atoms with Crippen LogP contribution < -0.4 is 10.5 Å². The maximum atomic E-state index is 12.3. The number of nitrogen functional groups attached to an aromatic ring is 1. The predicted octanol–water partition coefficient (Wildman–Crippen LogP) is 2.19.